The third kappa shape index (κ3) is 4.34. The SMILES string of the molecule is CCn1nc(C(=O)N(CCN2CCOCC2)c2nc3ccc(C)cc3s2)cc1C. The number of carbonyl (C=O) groups excluding carboxylic acids is 1. The van der Waals surface area contributed by atoms with Gasteiger partial charge in [0.2, 0.25) is 0 Å². The summed E-state index contributed by atoms with van der Waals surface area (Å²) in [5.74, 6) is -0.0932. The number of thiazole rings is 1. The first-order valence-corrected chi connectivity index (χ1v) is 10.9. The lowest BCUT2D eigenvalue weighted by molar-refractivity contribution is 0.0391. The lowest BCUT2D eigenvalue weighted by atomic mass is 10.2. The first-order chi connectivity index (χ1) is 14.0. The molecule has 8 heteroatoms. The summed E-state index contributed by atoms with van der Waals surface area (Å²) in [6, 6.07) is 8.06. The van der Waals surface area contributed by atoms with Gasteiger partial charge in [-0.05, 0) is 44.5 Å². The van der Waals surface area contributed by atoms with E-state index in [4.69, 9.17) is 9.72 Å². The van der Waals surface area contributed by atoms with E-state index in [1.54, 1.807) is 16.2 Å². The molecule has 0 atom stereocenters. The summed E-state index contributed by atoms with van der Waals surface area (Å²) in [7, 11) is 0. The topological polar surface area (TPSA) is 63.5 Å². The monoisotopic (exact) mass is 413 g/mol. The molecule has 1 amide bonds. The molecule has 2 aromatic heterocycles. The number of rotatable bonds is 6. The number of benzene rings is 1. The number of aromatic nitrogens is 3. The van der Waals surface area contributed by atoms with E-state index in [1.807, 2.05) is 30.7 Å². The van der Waals surface area contributed by atoms with Crippen LogP contribution in [0.15, 0.2) is 24.3 Å². The van der Waals surface area contributed by atoms with Crippen molar-refractivity contribution in [2.45, 2.75) is 27.3 Å². The van der Waals surface area contributed by atoms with Crippen LogP contribution in [0.5, 0.6) is 0 Å². The third-order valence-electron chi connectivity index (χ3n) is 5.25. The van der Waals surface area contributed by atoms with Crippen LogP contribution in [-0.4, -0.2) is 65.0 Å². The standard InChI is InChI=1S/C21H27N5O2S/c1-4-26-16(3)14-18(23-26)20(27)25(8-7-24-9-11-28-12-10-24)21-22-17-6-5-15(2)13-19(17)29-21/h5-6,13-14H,4,7-12H2,1-3H3. The van der Waals surface area contributed by atoms with Crippen LogP contribution in [0.1, 0.15) is 28.7 Å². The summed E-state index contributed by atoms with van der Waals surface area (Å²) in [6.45, 7) is 11.5. The maximum Gasteiger partial charge on any atom is 0.280 e. The van der Waals surface area contributed by atoms with Gasteiger partial charge < -0.3 is 4.74 Å². The molecular weight excluding hydrogens is 386 g/mol. The van der Waals surface area contributed by atoms with Gasteiger partial charge in [-0.1, -0.05) is 17.4 Å². The van der Waals surface area contributed by atoms with Crippen LogP contribution >= 0.6 is 11.3 Å². The Morgan fingerprint density at radius 1 is 1.24 bits per heavy atom. The largest absolute Gasteiger partial charge is 0.379 e. The Labute approximate surface area is 174 Å². The summed E-state index contributed by atoms with van der Waals surface area (Å²) in [5, 5.41) is 5.24. The van der Waals surface area contributed by atoms with Crippen molar-refractivity contribution < 1.29 is 9.53 Å². The zero-order valence-electron chi connectivity index (χ0n) is 17.2. The molecule has 1 saturated heterocycles. The van der Waals surface area contributed by atoms with Gasteiger partial charge in [-0.25, -0.2) is 4.98 Å². The Balaban J connectivity index is 1.63. The number of anilines is 1. The molecule has 1 fully saturated rings. The lowest BCUT2D eigenvalue weighted by Gasteiger charge is -2.29. The zero-order chi connectivity index (χ0) is 20.4. The zero-order valence-corrected chi connectivity index (χ0v) is 18.0. The molecule has 3 heterocycles. The van der Waals surface area contributed by atoms with Crippen molar-refractivity contribution in [2.24, 2.45) is 0 Å². The Morgan fingerprint density at radius 2 is 2.03 bits per heavy atom. The smallest absolute Gasteiger partial charge is 0.280 e. The number of carbonyl (C=O) groups is 1. The molecule has 0 unspecified atom stereocenters. The fraction of sp³-hybridized carbons (Fsp3) is 0.476. The van der Waals surface area contributed by atoms with E-state index in [2.05, 4.69) is 29.1 Å². The number of nitrogens with zero attached hydrogens (tertiary/aromatic N) is 5. The van der Waals surface area contributed by atoms with Crippen LogP contribution in [0, 0.1) is 13.8 Å². The van der Waals surface area contributed by atoms with Crippen molar-refractivity contribution in [3.05, 3.63) is 41.2 Å². The van der Waals surface area contributed by atoms with Crippen LogP contribution < -0.4 is 4.90 Å². The second kappa shape index (κ2) is 8.61. The van der Waals surface area contributed by atoms with Gasteiger partial charge in [0.05, 0.1) is 23.4 Å². The van der Waals surface area contributed by atoms with Crippen LogP contribution in [0.2, 0.25) is 0 Å². The maximum atomic E-state index is 13.4. The van der Waals surface area contributed by atoms with Gasteiger partial charge >= 0.3 is 0 Å². The molecule has 0 bridgehead atoms. The maximum absolute atomic E-state index is 13.4. The molecule has 3 aromatic rings. The molecule has 154 valence electrons. The van der Waals surface area contributed by atoms with Gasteiger partial charge in [-0.15, -0.1) is 0 Å². The van der Waals surface area contributed by atoms with Crippen molar-refractivity contribution in [2.75, 3.05) is 44.3 Å². The van der Waals surface area contributed by atoms with Crippen LogP contribution in [0.25, 0.3) is 10.2 Å². The second-order valence-corrected chi connectivity index (χ2v) is 8.37. The Bertz CT molecular complexity index is 1010. The van der Waals surface area contributed by atoms with Crippen LogP contribution in [-0.2, 0) is 11.3 Å². The highest BCUT2D eigenvalue weighted by molar-refractivity contribution is 7.22. The molecule has 4 rings (SSSR count). The average molecular weight is 414 g/mol. The van der Waals surface area contributed by atoms with E-state index in [1.165, 1.54) is 5.56 Å². The number of fused-ring (bicyclic) bond motifs is 1. The molecule has 29 heavy (non-hydrogen) atoms. The number of morpholine rings is 1. The lowest BCUT2D eigenvalue weighted by Crippen LogP contribution is -2.43. The predicted molar refractivity (Wildman–Crippen MR) is 116 cm³/mol. The number of aryl methyl sites for hydroxylation is 3. The van der Waals surface area contributed by atoms with E-state index < -0.39 is 0 Å². The molecule has 0 spiro atoms. The molecule has 0 saturated carbocycles. The molecule has 1 aromatic carbocycles. The highest BCUT2D eigenvalue weighted by Gasteiger charge is 2.25. The molecule has 0 N–H and O–H groups in total. The number of amides is 1. The van der Waals surface area contributed by atoms with E-state index in [9.17, 15) is 4.79 Å². The van der Waals surface area contributed by atoms with Gasteiger partial charge in [0, 0.05) is 38.4 Å². The molecular formula is C21H27N5O2S. The quantitative estimate of drug-likeness (QED) is 0.621. The van der Waals surface area contributed by atoms with Crippen molar-refractivity contribution in [1.82, 2.24) is 19.7 Å². The highest BCUT2D eigenvalue weighted by Crippen LogP contribution is 2.30. The molecule has 0 aliphatic carbocycles. The minimum absolute atomic E-state index is 0.0932. The highest BCUT2D eigenvalue weighted by atomic mass is 32.1. The summed E-state index contributed by atoms with van der Waals surface area (Å²) >= 11 is 1.56. The Kier molecular flexibility index (Phi) is 5.94. The minimum atomic E-state index is -0.0932. The van der Waals surface area contributed by atoms with Gasteiger partial charge in [0.1, 0.15) is 0 Å². The Morgan fingerprint density at radius 3 is 2.76 bits per heavy atom. The number of hydrogen-bond donors (Lipinski definition) is 0. The van der Waals surface area contributed by atoms with Gasteiger partial charge in [-0.3, -0.25) is 19.3 Å². The molecule has 1 aliphatic heterocycles. The van der Waals surface area contributed by atoms with Crippen LogP contribution in [0.4, 0.5) is 5.13 Å². The first-order valence-electron chi connectivity index (χ1n) is 10.1. The van der Waals surface area contributed by atoms with Crippen molar-refractivity contribution in [1.29, 1.82) is 0 Å². The summed E-state index contributed by atoms with van der Waals surface area (Å²) in [6.07, 6.45) is 0. The molecule has 0 radical (unpaired) electrons. The summed E-state index contributed by atoms with van der Waals surface area (Å²) in [4.78, 5) is 22.3. The van der Waals surface area contributed by atoms with Gasteiger partial charge in [0.25, 0.3) is 5.91 Å². The van der Waals surface area contributed by atoms with E-state index >= 15 is 0 Å². The first kappa shape index (κ1) is 20.0. The molecule has 1 aliphatic rings. The second-order valence-electron chi connectivity index (χ2n) is 7.37. The third-order valence-corrected chi connectivity index (χ3v) is 6.29. The normalized spacial score (nSPS) is 15.1. The van der Waals surface area contributed by atoms with Crippen molar-refractivity contribution in [3.8, 4) is 0 Å². The minimum Gasteiger partial charge on any atom is -0.379 e. The fourth-order valence-electron chi connectivity index (χ4n) is 3.56. The predicted octanol–water partition coefficient (Wildman–Crippen LogP) is 3.11. The van der Waals surface area contributed by atoms with Crippen molar-refractivity contribution >= 4 is 32.6 Å². The number of hydrogen-bond acceptors (Lipinski definition) is 6. The number of ether oxygens (including phenoxy) is 1. The van der Waals surface area contributed by atoms with E-state index in [-0.39, 0.29) is 5.91 Å². The van der Waals surface area contributed by atoms with E-state index in [0.717, 1.165) is 60.4 Å². The van der Waals surface area contributed by atoms with Gasteiger partial charge in [-0.2, -0.15) is 5.10 Å². The van der Waals surface area contributed by atoms with Gasteiger partial charge in [0.15, 0.2) is 10.8 Å². The van der Waals surface area contributed by atoms with Crippen LogP contribution in [0.3, 0.4) is 0 Å². The molecule has 7 nitrogen and oxygen atoms in total. The van der Waals surface area contributed by atoms with Crippen molar-refractivity contribution in [3.63, 3.8) is 0 Å². The summed E-state index contributed by atoms with van der Waals surface area (Å²) in [5.41, 5.74) is 3.58. The average Bonchev–Trinajstić information content (AvgIpc) is 3.31. The van der Waals surface area contributed by atoms with E-state index in [0.29, 0.717) is 12.2 Å². The summed E-state index contributed by atoms with van der Waals surface area (Å²) < 4.78 is 8.39. The Hall–Kier alpha value is -2.29. The fourth-order valence-corrected chi connectivity index (χ4v) is 4.65.